The van der Waals surface area contributed by atoms with E-state index in [2.05, 4.69) is 31.0 Å². The van der Waals surface area contributed by atoms with Gasteiger partial charge in [0.05, 0.1) is 25.6 Å². The molecule has 0 saturated carbocycles. The average Bonchev–Trinajstić information content (AvgIpc) is 3.94. The number of carbonyl (C=O) groups is 4. The first-order valence-corrected chi connectivity index (χ1v) is 19.4. The second-order valence-electron chi connectivity index (χ2n) is 15.0. The number of ether oxygens (including phenoxy) is 2. The Hall–Kier alpha value is -5.63. The summed E-state index contributed by atoms with van der Waals surface area (Å²) < 4.78 is 11.4. The van der Waals surface area contributed by atoms with Gasteiger partial charge >= 0.3 is 0 Å². The third-order valence-corrected chi connectivity index (χ3v) is 11.2. The number of hydrogen-bond donors (Lipinski definition) is 4. The third kappa shape index (κ3) is 8.30. The number of nitrogens with one attached hydrogen (secondary N) is 4. The molecular formula is C41H47ClN8O6. The molecule has 294 valence electrons. The van der Waals surface area contributed by atoms with E-state index >= 15 is 0 Å². The molecule has 4 amide bonds. The number of benzene rings is 3. The van der Waals surface area contributed by atoms with Crippen molar-refractivity contribution in [1.29, 1.82) is 0 Å². The summed E-state index contributed by atoms with van der Waals surface area (Å²) in [6.07, 6.45) is 3.57. The van der Waals surface area contributed by atoms with E-state index in [9.17, 15) is 19.2 Å². The van der Waals surface area contributed by atoms with Gasteiger partial charge in [-0.3, -0.25) is 19.2 Å². The van der Waals surface area contributed by atoms with E-state index in [0.29, 0.717) is 61.0 Å². The van der Waals surface area contributed by atoms with Gasteiger partial charge in [-0.2, -0.15) is 15.4 Å². The molecule has 0 radical (unpaired) electrons. The van der Waals surface area contributed by atoms with Gasteiger partial charge in [0.25, 0.3) is 5.91 Å². The third-order valence-electron chi connectivity index (χ3n) is 10.9. The van der Waals surface area contributed by atoms with Crippen LogP contribution >= 0.6 is 11.6 Å². The number of amides is 4. The number of halogens is 1. The quantitative estimate of drug-likeness (QED) is 0.135. The molecule has 0 spiro atoms. The molecule has 2 aliphatic heterocycles. The van der Waals surface area contributed by atoms with Crippen LogP contribution in [0.15, 0.2) is 60.8 Å². The highest BCUT2D eigenvalue weighted by Crippen LogP contribution is 2.38. The summed E-state index contributed by atoms with van der Waals surface area (Å²) in [5.74, 6) is -0.999. The van der Waals surface area contributed by atoms with Crippen LogP contribution in [-0.2, 0) is 27.2 Å². The van der Waals surface area contributed by atoms with Crippen LogP contribution in [0.25, 0.3) is 21.9 Å². The molecule has 5 aromatic rings. The van der Waals surface area contributed by atoms with E-state index in [1.807, 2.05) is 50.4 Å². The number of nitrogens with zero attached hydrogens (tertiary/aromatic N) is 4. The lowest BCUT2D eigenvalue weighted by atomic mass is 9.79. The number of likely N-dealkylation sites (N-methyl/N-ethyl adjacent to an activating group) is 1. The Balaban J connectivity index is 1.10. The van der Waals surface area contributed by atoms with Crippen LogP contribution in [0.1, 0.15) is 48.2 Å². The molecule has 2 aliphatic rings. The van der Waals surface area contributed by atoms with Crippen LogP contribution in [0.4, 0.5) is 0 Å². The largest absolute Gasteiger partial charge is 0.493 e. The van der Waals surface area contributed by atoms with Crippen molar-refractivity contribution in [2.75, 3.05) is 40.3 Å². The van der Waals surface area contributed by atoms with Gasteiger partial charge in [0.2, 0.25) is 17.7 Å². The summed E-state index contributed by atoms with van der Waals surface area (Å²) in [7, 11) is 3.08. The number of aryl methyl sites for hydroxylation is 1. The van der Waals surface area contributed by atoms with Crippen LogP contribution in [0, 0.1) is 17.8 Å². The van der Waals surface area contributed by atoms with E-state index in [4.69, 9.17) is 21.1 Å². The number of H-pyrrole nitrogens is 2. The standard InChI is InChI=1S/C41H47ClN8O6/c1-23(2)56-36-13-9-25(15-37(36)55-4)41(54)50-20-27-19-49(38(51)16-26-18-44-34-17-28(42)10-11-29(26)34)22-31(30(27)21-50)39(52)45-33(40(53)43-3)7-5-6-24-8-12-32-35(14-24)47-48-46-32/h8-15,17-18,23,27,30-31,33,44H,5-7,16,19-22H2,1-4H3,(H,43,53)(H,45,52)(H,46,47,48)/t27?,30?,31?,33-/m0/s1. The highest BCUT2D eigenvalue weighted by molar-refractivity contribution is 6.31. The lowest BCUT2D eigenvalue weighted by molar-refractivity contribution is -0.140. The zero-order valence-corrected chi connectivity index (χ0v) is 32.7. The predicted molar refractivity (Wildman–Crippen MR) is 212 cm³/mol. The molecular weight excluding hydrogens is 736 g/mol. The molecule has 2 saturated heterocycles. The van der Waals surface area contributed by atoms with Gasteiger partial charge in [0, 0.05) is 60.9 Å². The van der Waals surface area contributed by atoms with Crippen molar-refractivity contribution in [3.8, 4) is 11.5 Å². The first kappa shape index (κ1) is 38.6. The van der Waals surface area contributed by atoms with Crippen LogP contribution in [0.3, 0.4) is 0 Å². The Morgan fingerprint density at radius 1 is 0.946 bits per heavy atom. The number of likely N-dealkylation sites (tertiary alicyclic amines) is 2. The van der Waals surface area contributed by atoms with Crippen LogP contribution < -0.4 is 20.1 Å². The molecule has 3 aromatic carbocycles. The molecule has 15 heteroatoms. The van der Waals surface area contributed by atoms with E-state index in [0.717, 1.165) is 33.1 Å². The number of aromatic nitrogens is 4. The SMILES string of the molecule is CNC(=O)[C@H](CCCc1ccc2n[nH]nc2c1)NC(=O)C1CN(C(=O)Cc2c[nH]c3cc(Cl)ccc23)CC2CN(C(=O)c3ccc(OC(C)C)c(OC)c3)CC21. The van der Waals surface area contributed by atoms with E-state index in [1.54, 1.807) is 41.1 Å². The zero-order valence-electron chi connectivity index (χ0n) is 31.9. The lowest BCUT2D eigenvalue weighted by Crippen LogP contribution is -2.56. The first-order chi connectivity index (χ1) is 27.0. The second-order valence-corrected chi connectivity index (χ2v) is 15.4. The van der Waals surface area contributed by atoms with E-state index in [1.165, 1.54) is 7.11 Å². The maximum absolute atomic E-state index is 14.4. The molecule has 56 heavy (non-hydrogen) atoms. The lowest BCUT2D eigenvalue weighted by Gasteiger charge is -2.40. The van der Waals surface area contributed by atoms with Crippen LogP contribution in [0.2, 0.25) is 5.02 Å². The Bertz CT molecular complexity index is 2250. The van der Waals surface area contributed by atoms with Crippen molar-refractivity contribution >= 4 is 57.2 Å². The number of hydrogen-bond acceptors (Lipinski definition) is 8. The molecule has 0 bridgehead atoms. The highest BCUT2D eigenvalue weighted by atomic mass is 35.5. The van der Waals surface area contributed by atoms with E-state index < -0.39 is 12.0 Å². The Morgan fingerprint density at radius 2 is 1.75 bits per heavy atom. The fraction of sp³-hybridized carbons (Fsp3) is 0.415. The maximum atomic E-state index is 14.4. The van der Waals surface area contributed by atoms with Crippen LogP contribution in [0.5, 0.6) is 11.5 Å². The molecule has 4 N–H and O–H groups in total. The zero-order chi connectivity index (χ0) is 39.5. The van der Waals surface area contributed by atoms with Gasteiger partial charge < -0.3 is 34.9 Å². The number of carbonyl (C=O) groups excluding carboxylic acids is 4. The minimum Gasteiger partial charge on any atom is -0.493 e. The molecule has 7 rings (SSSR count). The topological polar surface area (TPSA) is 175 Å². The summed E-state index contributed by atoms with van der Waals surface area (Å²) in [5, 5.41) is 18.1. The minimum absolute atomic E-state index is 0.0754. The number of methoxy groups -OCH3 is 1. The van der Waals surface area contributed by atoms with Gasteiger partial charge in [0.1, 0.15) is 17.1 Å². The molecule has 3 unspecified atom stereocenters. The van der Waals surface area contributed by atoms with Crippen molar-refractivity contribution in [1.82, 2.24) is 40.8 Å². The van der Waals surface area contributed by atoms with Crippen molar-refractivity contribution in [2.24, 2.45) is 17.8 Å². The monoisotopic (exact) mass is 782 g/mol. The maximum Gasteiger partial charge on any atom is 0.254 e. The molecule has 0 aliphatic carbocycles. The molecule has 4 heterocycles. The Kier molecular flexibility index (Phi) is 11.5. The number of piperidine rings is 1. The average molecular weight is 783 g/mol. The van der Waals surface area contributed by atoms with Crippen molar-refractivity contribution in [2.45, 2.75) is 51.7 Å². The smallest absolute Gasteiger partial charge is 0.254 e. The van der Waals surface area contributed by atoms with E-state index in [-0.39, 0.29) is 54.5 Å². The molecule has 2 aromatic heterocycles. The van der Waals surface area contributed by atoms with Crippen molar-refractivity contribution in [3.63, 3.8) is 0 Å². The Labute approximate surface area is 329 Å². The summed E-state index contributed by atoms with van der Waals surface area (Å²) in [6, 6.07) is 15.7. The van der Waals surface area contributed by atoms with Crippen molar-refractivity contribution < 1.29 is 28.7 Å². The summed E-state index contributed by atoms with van der Waals surface area (Å²) in [6.45, 7) is 5.08. The number of rotatable bonds is 13. The molecule has 4 atom stereocenters. The number of fused-ring (bicyclic) bond motifs is 3. The summed E-state index contributed by atoms with van der Waals surface area (Å²) in [4.78, 5) is 62.3. The number of aromatic amines is 2. The van der Waals surface area contributed by atoms with Gasteiger partial charge in [-0.25, -0.2) is 0 Å². The predicted octanol–water partition coefficient (Wildman–Crippen LogP) is 4.53. The highest BCUT2D eigenvalue weighted by Gasteiger charge is 2.48. The van der Waals surface area contributed by atoms with Crippen LogP contribution in [-0.4, -0.2) is 106 Å². The molecule has 14 nitrogen and oxygen atoms in total. The second kappa shape index (κ2) is 16.6. The molecule has 2 fully saturated rings. The minimum atomic E-state index is -0.788. The van der Waals surface area contributed by atoms with Gasteiger partial charge in [-0.1, -0.05) is 23.7 Å². The summed E-state index contributed by atoms with van der Waals surface area (Å²) >= 11 is 6.20. The fourth-order valence-corrected chi connectivity index (χ4v) is 8.28. The van der Waals surface area contributed by atoms with Gasteiger partial charge in [0.15, 0.2) is 11.5 Å². The Morgan fingerprint density at radius 3 is 2.54 bits per heavy atom. The van der Waals surface area contributed by atoms with Crippen molar-refractivity contribution in [3.05, 3.63) is 82.5 Å². The first-order valence-electron chi connectivity index (χ1n) is 19.0. The normalized spacial score (nSPS) is 18.6. The van der Waals surface area contributed by atoms with Gasteiger partial charge in [-0.15, -0.1) is 0 Å². The fourth-order valence-electron chi connectivity index (χ4n) is 8.11. The van der Waals surface area contributed by atoms with Gasteiger partial charge in [-0.05, 0) is 98.5 Å². The summed E-state index contributed by atoms with van der Waals surface area (Å²) in [5.41, 5.74) is 4.68.